The molecule has 0 bridgehead atoms. The van der Waals surface area contributed by atoms with Crippen molar-refractivity contribution < 1.29 is 19.5 Å². The molecule has 3 heterocycles. The van der Waals surface area contributed by atoms with Crippen molar-refractivity contribution >= 4 is 46.0 Å². The molecule has 0 fully saturated rings. The highest BCUT2D eigenvalue weighted by Crippen LogP contribution is 2.37. The Morgan fingerprint density at radius 3 is 2.77 bits per heavy atom. The molecule has 0 unspecified atom stereocenters. The third-order valence-electron chi connectivity index (χ3n) is 4.50. The van der Waals surface area contributed by atoms with Crippen molar-refractivity contribution in [1.29, 1.82) is 0 Å². The summed E-state index contributed by atoms with van der Waals surface area (Å²) in [5, 5.41) is 10.5. The molecule has 26 heavy (non-hydrogen) atoms. The van der Waals surface area contributed by atoms with Crippen LogP contribution in [0.4, 0.5) is 5.69 Å². The fraction of sp³-hybridized carbons (Fsp3) is 0.111. The van der Waals surface area contributed by atoms with Crippen molar-refractivity contribution in [3.63, 3.8) is 0 Å². The zero-order valence-electron chi connectivity index (χ0n) is 13.6. The number of aromatic nitrogens is 2. The van der Waals surface area contributed by atoms with Gasteiger partial charge in [-0.25, -0.2) is 9.69 Å². The van der Waals surface area contributed by atoms with Crippen molar-refractivity contribution in [3.05, 3.63) is 58.5 Å². The number of imide groups is 1. The van der Waals surface area contributed by atoms with E-state index >= 15 is 0 Å². The van der Waals surface area contributed by atoms with Gasteiger partial charge in [-0.3, -0.25) is 14.6 Å². The van der Waals surface area contributed by atoms with Gasteiger partial charge < -0.3 is 9.67 Å². The Morgan fingerprint density at radius 2 is 2.04 bits per heavy atom. The number of pyridine rings is 1. The van der Waals surface area contributed by atoms with Gasteiger partial charge in [-0.2, -0.15) is 0 Å². The summed E-state index contributed by atoms with van der Waals surface area (Å²) in [6.07, 6.45) is 2.88. The Bertz CT molecular complexity index is 1120. The van der Waals surface area contributed by atoms with Crippen molar-refractivity contribution in [2.75, 3.05) is 4.90 Å². The monoisotopic (exact) mass is 369 g/mol. The van der Waals surface area contributed by atoms with Gasteiger partial charge in [0.15, 0.2) is 5.69 Å². The third kappa shape index (κ3) is 2.21. The quantitative estimate of drug-likeness (QED) is 0.701. The summed E-state index contributed by atoms with van der Waals surface area (Å²) in [5.74, 6) is -2.34. The first-order valence-electron chi connectivity index (χ1n) is 7.71. The van der Waals surface area contributed by atoms with Gasteiger partial charge in [-0.05, 0) is 29.8 Å². The number of nitrogens with zero attached hydrogens (tertiary/aromatic N) is 3. The van der Waals surface area contributed by atoms with Gasteiger partial charge in [0, 0.05) is 29.9 Å². The summed E-state index contributed by atoms with van der Waals surface area (Å²) >= 11 is 6.07. The lowest BCUT2D eigenvalue weighted by Gasteiger charge is -2.26. The van der Waals surface area contributed by atoms with Crippen LogP contribution in [-0.2, 0) is 18.3 Å². The molecule has 1 aliphatic rings. The summed E-state index contributed by atoms with van der Waals surface area (Å²) in [6, 6.07) is 6.44. The highest BCUT2D eigenvalue weighted by atomic mass is 35.5. The number of aromatic carboxylic acids is 1. The van der Waals surface area contributed by atoms with E-state index < -0.39 is 17.8 Å². The average Bonchev–Trinajstić information content (AvgIpc) is 2.87. The van der Waals surface area contributed by atoms with E-state index in [1.54, 1.807) is 31.3 Å². The normalized spacial score (nSPS) is 14.0. The Labute approximate surface area is 152 Å². The number of carbonyl (C=O) groups excluding carboxylic acids is 2. The van der Waals surface area contributed by atoms with Crippen LogP contribution in [0, 0.1) is 0 Å². The fourth-order valence-electron chi connectivity index (χ4n) is 3.34. The van der Waals surface area contributed by atoms with Crippen molar-refractivity contribution in [3.8, 4) is 0 Å². The van der Waals surface area contributed by atoms with Crippen LogP contribution in [0.3, 0.4) is 0 Å². The first-order valence-corrected chi connectivity index (χ1v) is 8.09. The topological polar surface area (TPSA) is 92.5 Å². The predicted octanol–water partition coefficient (Wildman–Crippen LogP) is 2.65. The van der Waals surface area contributed by atoms with E-state index in [0.29, 0.717) is 21.5 Å². The molecule has 0 aliphatic carbocycles. The predicted molar refractivity (Wildman–Crippen MR) is 94.6 cm³/mol. The van der Waals surface area contributed by atoms with E-state index in [9.17, 15) is 19.5 Å². The van der Waals surface area contributed by atoms with E-state index in [1.807, 2.05) is 0 Å². The number of carboxylic acids is 1. The average molecular weight is 370 g/mol. The molecule has 0 atom stereocenters. The molecule has 0 saturated heterocycles. The summed E-state index contributed by atoms with van der Waals surface area (Å²) < 4.78 is 1.43. The number of hydrogen-bond donors (Lipinski definition) is 1. The van der Waals surface area contributed by atoms with Crippen molar-refractivity contribution in [2.45, 2.75) is 6.42 Å². The number of rotatable bonds is 2. The second kappa shape index (κ2) is 5.67. The van der Waals surface area contributed by atoms with Gasteiger partial charge in [0.25, 0.3) is 5.91 Å². The maximum absolute atomic E-state index is 13.0. The lowest BCUT2D eigenvalue weighted by atomic mass is 9.99. The van der Waals surface area contributed by atoms with E-state index in [2.05, 4.69) is 4.98 Å². The number of carbonyl (C=O) groups is 3. The minimum Gasteiger partial charge on any atom is -0.477 e. The van der Waals surface area contributed by atoms with Crippen LogP contribution >= 0.6 is 11.6 Å². The molecular formula is C18H12ClN3O4. The Hall–Kier alpha value is -3.19. The second-order valence-electron chi connectivity index (χ2n) is 5.97. The number of hydrogen-bond acceptors (Lipinski definition) is 4. The van der Waals surface area contributed by atoms with Gasteiger partial charge in [0.1, 0.15) is 0 Å². The summed E-state index contributed by atoms with van der Waals surface area (Å²) in [5.41, 5.74) is 1.28. The molecule has 1 aliphatic heterocycles. The second-order valence-corrected chi connectivity index (χ2v) is 6.40. The van der Waals surface area contributed by atoms with Crippen LogP contribution < -0.4 is 4.90 Å². The molecule has 8 heteroatoms. The Morgan fingerprint density at radius 1 is 1.27 bits per heavy atom. The number of anilines is 1. The number of fused-ring (bicyclic) bond motifs is 2. The van der Waals surface area contributed by atoms with Gasteiger partial charge in [-0.1, -0.05) is 11.6 Å². The zero-order valence-corrected chi connectivity index (χ0v) is 14.3. The Kier molecular flexibility index (Phi) is 3.55. The first kappa shape index (κ1) is 16.3. The molecule has 1 N–H and O–H groups in total. The van der Waals surface area contributed by atoms with E-state index in [0.717, 1.165) is 4.90 Å². The number of amides is 2. The zero-order chi connectivity index (χ0) is 18.6. The van der Waals surface area contributed by atoms with Gasteiger partial charge in [-0.15, -0.1) is 0 Å². The highest BCUT2D eigenvalue weighted by molar-refractivity contribution is 6.33. The van der Waals surface area contributed by atoms with Crippen molar-refractivity contribution in [1.82, 2.24) is 9.55 Å². The van der Waals surface area contributed by atoms with Gasteiger partial charge in [0.05, 0.1) is 23.2 Å². The first-order chi connectivity index (χ1) is 12.4. The number of benzene rings is 1. The number of halogens is 1. The largest absolute Gasteiger partial charge is 0.477 e. The molecule has 2 aromatic heterocycles. The number of carboxylic acid groups (broad SMARTS) is 1. The minimum absolute atomic E-state index is 0.0143. The lowest BCUT2D eigenvalue weighted by molar-refractivity contribution is -0.117. The number of aryl methyl sites for hydroxylation is 1. The molecule has 1 aromatic carbocycles. The highest BCUT2D eigenvalue weighted by Gasteiger charge is 2.37. The molecule has 2 amide bonds. The van der Waals surface area contributed by atoms with Crippen molar-refractivity contribution in [2.24, 2.45) is 7.05 Å². The van der Waals surface area contributed by atoms with Crippen LogP contribution in [0.15, 0.2) is 36.7 Å². The molecule has 0 spiro atoms. The molecular weight excluding hydrogens is 358 g/mol. The standard InChI is InChI=1S/C18H12ClN3O4/c1-21-13-3-2-10(19)7-11(13)15(16(21)18(25)26)22-14(23)6-9-4-5-20-8-12(9)17(22)24/h2-5,7-8H,6H2,1H3,(H,25,26). The Balaban J connectivity index is 2.04. The summed E-state index contributed by atoms with van der Waals surface area (Å²) in [7, 11) is 1.57. The molecule has 0 saturated carbocycles. The maximum Gasteiger partial charge on any atom is 0.354 e. The smallest absolute Gasteiger partial charge is 0.354 e. The van der Waals surface area contributed by atoms with E-state index in [4.69, 9.17) is 11.6 Å². The lowest BCUT2D eigenvalue weighted by Crippen LogP contribution is -2.43. The molecule has 3 aromatic rings. The van der Waals surface area contributed by atoms with Crippen LogP contribution in [0.1, 0.15) is 26.4 Å². The molecule has 7 nitrogen and oxygen atoms in total. The summed E-state index contributed by atoms with van der Waals surface area (Å²) in [6.45, 7) is 0. The minimum atomic E-state index is -1.24. The van der Waals surface area contributed by atoms with Crippen LogP contribution in [0.2, 0.25) is 5.02 Å². The fourth-order valence-corrected chi connectivity index (χ4v) is 3.51. The van der Waals surface area contributed by atoms with E-state index in [1.165, 1.54) is 17.0 Å². The van der Waals surface area contributed by atoms with Crippen LogP contribution in [0.25, 0.3) is 10.9 Å². The summed E-state index contributed by atoms with van der Waals surface area (Å²) in [4.78, 5) is 42.4. The third-order valence-corrected chi connectivity index (χ3v) is 4.73. The van der Waals surface area contributed by atoms with E-state index in [-0.39, 0.29) is 23.4 Å². The molecule has 4 rings (SSSR count). The molecule has 0 radical (unpaired) electrons. The molecule has 130 valence electrons. The van der Waals surface area contributed by atoms with Gasteiger partial charge >= 0.3 is 5.97 Å². The van der Waals surface area contributed by atoms with Crippen LogP contribution in [-0.4, -0.2) is 32.4 Å². The van der Waals surface area contributed by atoms with Crippen LogP contribution in [0.5, 0.6) is 0 Å². The SMILES string of the molecule is Cn1c(C(=O)O)c(N2C(=O)Cc3ccncc3C2=O)c2cc(Cl)ccc21. The maximum atomic E-state index is 13.0. The van der Waals surface area contributed by atoms with Gasteiger partial charge in [0.2, 0.25) is 5.91 Å².